The first kappa shape index (κ1) is 13.0. The van der Waals surface area contributed by atoms with Crippen LogP contribution < -0.4 is 5.32 Å². The molecule has 1 amide bonds. The van der Waals surface area contributed by atoms with Gasteiger partial charge < -0.3 is 5.32 Å². The molecule has 1 aromatic rings. The van der Waals surface area contributed by atoms with E-state index in [2.05, 4.69) is 10.4 Å². The second-order valence-electron chi connectivity index (χ2n) is 4.21. The Balaban J connectivity index is 2.69. The number of alkyl halides is 1. The number of carbonyl (C=O) groups excluding carboxylic acids is 1. The fourth-order valence-corrected chi connectivity index (χ4v) is 1.84. The van der Waals surface area contributed by atoms with Crippen LogP contribution in [0, 0.1) is 0 Å². The number of nitrogens with one attached hydrogen (secondary N) is 1. The van der Waals surface area contributed by atoms with Gasteiger partial charge >= 0.3 is 0 Å². The van der Waals surface area contributed by atoms with Gasteiger partial charge in [-0.15, -0.1) is 11.6 Å². The molecule has 90 valence electrons. The van der Waals surface area contributed by atoms with Gasteiger partial charge in [0.25, 0.3) is 5.91 Å². The van der Waals surface area contributed by atoms with E-state index >= 15 is 0 Å². The zero-order valence-electron chi connectivity index (χ0n) is 9.96. The summed E-state index contributed by atoms with van der Waals surface area (Å²) in [5.74, 6) is 0.444. The average Bonchev–Trinajstić information content (AvgIpc) is 2.65. The standard InChI is InChI=1S/C11H18ClN3O/c1-4-11(2,5-6-12)14-10(16)9-7-13-15(3)8-9/h7-8H,4-6H2,1-3H3,(H,14,16). The summed E-state index contributed by atoms with van der Waals surface area (Å²) in [5, 5.41) is 6.97. The van der Waals surface area contributed by atoms with E-state index in [9.17, 15) is 4.79 Å². The molecule has 1 rings (SSSR count). The first-order valence-corrected chi connectivity index (χ1v) is 5.91. The Labute approximate surface area is 101 Å². The largest absolute Gasteiger partial charge is 0.347 e. The van der Waals surface area contributed by atoms with Gasteiger partial charge in [-0.2, -0.15) is 5.10 Å². The zero-order valence-corrected chi connectivity index (χ0v) is 10.7. The molecule has 1 aromatic heterocycles. The SMILES string of the molecule is CCC(C)(CCCl)NC(=O)c1cnn(C)c1. The van der Waals surface area contributed by atoms with Gasteiger partial charge in [-0.05, 0) is 19.8 Å². The fraction of sp³-hybridized carbons (Fsp3) is 0.636. The molecule has 1 unspecified atom stereocenters. The second-order valence-corrected chi connectivity index (χ2v) is 4.59. The molecule has 0 fully saturated rings. The van der Waals surface area contributed by atoms with Crippen LogP contribution in [-0.4, -0.2) is 27.1 Å². The van der Waals surface area contributed by atoms with Crippen molar-refractivity contribution in [2.24, 2.45) is 7.05 Å². The predicted molar refractivity (Wildman–Crippen MR) is 64.7 cm³/mol. The van der Waals surface area contributed by atoms with Crippen molar-refractivity contribution in [2.45, 2.75) is 32.2 Å². The molecule has 5 heteroatoms. The number of aromatic nitrogens is 2. The smallest absolute Gasteiger partial charge is 0.254 e. The van der Waals surface area contributed by atoms with Crippen molar-refractivity contribution in [3.05, 3.63) is 18.0 Å². The van der Waals surface area contributed by atoms with Gasteiger partial charge in [0.05, 0.1) is 11.8 Å². The lowest BCUT2D eigenvalue weighted by Crippen LogP contribution is -2.45. The highest BCUT2D eigenvalue weighted by molar-refractivity contribution is 6.17. The lowest BCUT2D eigenvalue weighted by atomic mass is 9.95. The van der Waals surface area contributed by atoms with Gasteiger partial charge in [0.2, 0.25) is 0 Å². The van der Waals surface area contributed by atoms with Crippen LogP contribution in [0.25, 0.3) is 0 Å². The van der Waals surface area contributed by atoms with Crippen molar-refractivity contribution >= 4 is 17.5 Å². The summed E-state index contributed by atoms with van der Waals surface area (Å²) in [4.78, 5) is 11.9. The molecule has 0 saturated heterocycles. The van der Waals surface area contributed by atoms with Crippen LogP contribution >= 0.6 is 11.6 Å². The third-order valence-corrected chi connectivity index (χ3v) is 3.00. The van der Waals surface area contributed by atoms with Gasteiger partial charge in [0.15, 0.2) is 0 Å². The van der Waals surface area contributed by atoms with Crippen LogP contribution in [-0.2, 0) is 7.05 Å². The number of halogens is 1. The molecule has 0 bridgehead atoms. The molecule has 0 radical (unpaired) electrons. The maximum absolute atomic E-state index is 11.9. The first-order chi connectivity index (χ1) is 7.50. The van der Waals surface area contributed by atoms with E-state index in [-0.39, 0.29) is 11.4 Å². The Hall–Kier alpha value is -1.03. The summed E-state index contributed by atoms with van der Waals surface area (Å²) in [7, 11) is 1.79. The summed E-state index contributed by atoms with van der Waals surface area (Å²) in [6, 6.07) is 0. The summed E-state index contributed by atoms with van der Waals surface area (Å²) in [6.45, 7) is 4.04. The maximum Gasteiger partial charge on any atom is 0.254 e. The van der Waals surface area contributed by atoms with E-state index in [0.29, 0.717) is 11.4 Å². The van der Waals surface area contributed by atoms with Crippen molar-refractivity contribution in [3.63, 3.8) is 0 Å². The quantitative estimate of drug-likeness (QED) is 0.804. The minimum absolute atomic E-state index is 0.0948. The molecule has 0 aliphatic rings. The summed E-state index contributed by atoms with van der Waals surface area (Å²) < 4.78 is 1.61. The van der Waals surface area contributed by atoms with Gasteiger partial charge in [0.1, 0.15) is 0 Å². The van der Waals surface area contributed by atoms with Crippen LogP contribution in [0.4, 0.5) is 0 Å². The van der Waals surface area contributed by atoms with E-state index in [0.717, 1.165) is 12.8 Å². The average molecular weight is 244 g/mol. The van der Waals surface area contributed by atoms with E-state index < -0.39 is 0 Å². The summed E-state index contributed by atoms with van der Waals surface area (Å²) in [6.07, 6.45) is 4.88. The predicted octanol–water partition coefficient (Wildman–Crippen LogP) is 1.95. The third kappa shape index (κ3) is 3.23. The number of hydrogen-bond donors (Lipinski definition) is 1. The number of amides is 1. The Morgan fingerprint density at radius 1 is 1.69 bits per heavy atom. The van der Waals surface area contributed by atoms with Crippen LogP contribution in [0.3, 0.4) is 0 Å². The van der Waals surface area contributed by atoms with Crippen LogP contribution in [0.2, 0.25) is 0 Å². The van der Waals surface area contributed by atoms with E-state index in [4.69, 9.17) is 11.6 Å². The molecule has 0 saturated carbocycles. The highest BCUT2D eigenvalue weighted by Crippen LogP contribution is 2.16. The van der Waals surface area contributed by atoms with Crippen molar-refractivity contribution < 1.29 is 4.79 Å². The number of hydrogen-bond acceptors (Lipinski definition) is 2. The monoisotopic (exact) mass is 243 g/mol. The Bertz CT molecular complexity index is 364. The second kappa shape index (κ2) is 5.34. The molecule has 1 heterocycles. The lowest BCUT2D eigenvalue weighted by Gasteiger charge is -2.28. The molecule has 1 atom stereocenters. The van der Waals surface area contributed by atoms with Crippen LogP contribution in [0.1, 0.15) is 37.0 Å². The minimum atomic E-state index is -0.241. The number of nitrogens with zero attached hydrogens (tertiary/aromatic N) is 2. The van der Waals surface area contributed by atoms with Gasteiger partial charge in [0, 0.05) is 24.7 Å². The fourth-order valence-electron chi connectivity index (χ4n) is 1.42. The van der Waals surface area contributed by atoms with E-state index in [1.807, 2.05) is 13.8 Å². The topological polar surface area (TPSA) is 46.9 Å². The minimum Gasteiger partial charge on any atom is -0.347 e. The van der Waals surface area contributed by atoms with Gasteiger partial charge in [-0.25, -0.2) is 0 Å². The number of rotatable bonds is 5. The van der Waals surface area contributed by atoms with Gasteiger partial charge in [-0.1, -0.05) is 6.92 Å². The summed E-state index contributed by atoms with van der Waals surface area (Å²) >= 11 is 5.73. The molecular formula is C11H18ClN3O. The zero-order chi connectivity index (χ0) is 12.2. The van der Waals surface area contributed by atoms with Gasteiger partial charge in [-0.3, -0.25) is 9.48 Å². The molecule has 4 nitrogen and oxygen atoms in total. The van der Waals surface area contributed by atoms with E-state index in [1.54, 1.807) is 24.1 Å². The first-order valence-electron chi connectivity index (χ1n) is 5.38. The van der Waals surface area contributed by atoms with Crippen molar-refractivity contribution in [1.29, 1.82) is 0 Å². The number of carbonyl (C=O) groups is 1. The van der Waals surface area contributed by atoms with E-state index in [1.165, 1.54) is 0 Å². The molecule has 0 aliphatic carbocycles. The summed E-state index contributed by atoms with van der Waals surface area (Å²) in [5.41, 5.74) is 0.339. The lowest BCUT2D eigenvalue weighted by molar-refractivity contribution is 0.0901. The molecular weight excluding hydrogens is 226 g/mol. The van der Waals surface area contributed by atoms with Crippen molar-refractivity contribution in [3.8, 4) is 0 Å². The van der Waals surface area contributed by atoms with Crippen molar-refractivity contribution in [1.82, 2.24) is 15.1 Å². The molecule has 16 heavy (non-hydrogen) atoms. The molecule has 0 spiro atoms. The Morgan fingerprint density at radius 2 is 2.38 bits per heavy atom. The number of aryl methyl sites for hydroxylation is 1. The normalized spacial score (nSPS) is 14.5. The maximum atomic E-state index is 11.9. The Morgan fingerprint density at radius 3 is 2.81 bits per heavy atom. The van der Waals surface area contributed by atoms with Crippen molar-refractivity contribution in [2.75, 3.05) is 5.88 Å². The molecule has 1 N–H and O–H groups in total. The Kier molecular flexibility index (Phi) is 4.35. The van der Waals surface area contributed by atoms with Crippen LogP contribution in [0.5, 0.6) is 0 Å². The van der Waals surface area contributed by atoms with Crippen LogP contribution in [0.15, 0.2) is 12.4 Å². The third-order valence-electron chi connectivity index (χ3n) is 2.81. The highest BCUT2D eigenvalue weighted by Gasteiger charge is 2.24. The highest BCUT2D eigenvalue weighted by atomic mass is 35.5. The molecule has 0 aromatic carbocycles. The molecule has 0 aliphatic heterocycles.